The second kappa shape index (κ2) is 3.90. The highest BCUT2D eigenvalue weighted by molar-refractivity contribution is 6.63. The Hall–Kier alpha value is -1.55. The lowest BCUT2D eigenvalue weighted by molar-refractivity contribution is -0.126. The normalized spacial score (nSPS) is 18.7. The van der Waals surface area contributed by atoms with Gasteiger partial charge in [0.15, 0.2) is 6.10 Å². The van der Waals surface area contributed by atoms with E-state index in [1.165, 1.54) is 0 Å². The van der Waals surface area contributed by atoms with Crippen LogP contribution in [-0.2, 0) is 9.59 Å². The molecule has 0 aromatic heterocycles. The van der Waals surface area contributed by atoms with Crippen LogP contribution < -0.4 is 10.1 Å². The number of hydrogen-bond acceptors (Lipinski definition) is 3. The monoisotopic (exact) mass is 225 g/mol. The molecule has 78 valence electrons. The van der Waals surface area contributed by atoms with Crippen molar-refractivity contribution >= 4 is 28.4 Å². The van der Waals surface area contributed by atoms with Crippen molar-refractivity contribution in [3.05, 3.63) is 24.3 Å². The Balaban J connectivity index is 2.22. The van der Waals surface area contributed by atoms with Crippen LogP contribution in [0, 0.1) is 0 Å². The number of hydrogen-bond donors (Lipinski definition) is 1. The molecule has 1 aromatic carbocycles. The van der Waals surface area contributed by atoms with E-state index >= 15 is 0 Å². The fraction of sp³-hybridized carbons (Fsp3) is 0.200. The fourth-order valence-corrected chi connectivity index (χ4v) is 1.51. The molecule has 0 saturated heterocycles. The first-order valence-corrected chi connectivity index (χ1v) is 4.79. The van der Waals surface area contributed by atoms with Crippen molar-refractivity contribution in [2.24, 2.45) is 0 Å². The van der Waals surface area contributed by atoms with Crippen LogP contribution in [0.1, 0.15) is 6.42 Å². The SMILES string of the molecule is O=C(Cl)CC1Oc2ccccc2NC1=O. The van der Waals surface area contributed by atoms with Crippen LogP contribution >= 0.6 is 11.6 Å². The maximum Gasteiger partial charge on any atom is 0.266 e. The Morgan fingerprint density at radius 3 is 2.93 bits per heavy atom. The first-order chi connectivity index (χ1) is 7.16. The minimum Gasteiger partial charge on any atom is -0.478 e. The van der Waals surface area contributed by atoms with Gasteiger partial charge in [-0.15, -0.1) is 0 Å². The molecule has 1 atom stereocenters. The van der Waals surface area contributed by atoms with Gasteiger partial charge in [0.1, 0.15) is 5.75 Å². The average Bonchev–Trinajstić information content (AvgIpc) is 2.18. The molecule has 1 unspecified atom stereocenters. The molecule has 1 aliphatic rings. The summed E-state index contributed by atoms with van der Waals surface area (Å²) in [5.74, 6) is 0.211. The zero-order valence-corrected chi connectivity index (χ0v) is 8.45. The summed E-state index contributed by atoms with van der Waals surface area (Å²) in [4.78, 5) is 22.1. The molecule has 0 radical (unpaired) electrons. The minimum absolute atomic E-state index is 0.123. The van der Waals surface area contributed by atoms with Crippen molar-refractivity contribution in [3.8, 4) is 5.75 Å². The quantitative estimate of drug-likeness (QED) is 0.777. The number of carbonyl (C=O) groups is 2. The molecule has 1 aliphatic heterocycles. The van der Waals surface area contributed by atoms with E-state index in [0.717, 1.165) is 0 Å². The zero-order valence-electron chi connectivity index (χ0n) is 7.70. The van der Waals surface area contributed by atoms with Gasteiger partial charge in [-0.3, -0.25) is 9.59 Å². The third-order valence-corrected chi connectivity index (χ3v) is 2.21. The molecular weight excluding hydrogens is 218 g/mol. The summed E-state index contributed by atoms with van der Waals surface area (Å²) in [6.07, 6.45) is -0.952. The van der Waals surface area contributed by atoms with Gasteiger partial charge < -0.3 is 10.1 Å². The number of carbonyl (C=O) groups excluding carboxylic acids is 2. The lowest BCUT2D eigenvalue weighted by Crippen LogP contribution is -2.37. The molecule has 2 rings (SSSR count). The van der Waals surface area contributed by atoms with Gasteiger partial charge in [-0.2, -0.15) is 0 Å². The third kappa shape index (κ3) is 2.10. The highest BCUT2D eigenvalue weighted by Crippen LogP contribution is 2.29. The molecule has 0 aliphatic carbocycles. The minimum atomic E-state index is -0.829. The van der Waals surface area contributed by atoms with E-state index in [2.05, 4.69) is 5.32 Å². The summed E-state index contributed by atoms with van der Waals surface area (Å²) in [6, 6.07) is 7.03. The fourth-order valence-electron chi connectivity index (χ4n) is 1.37. The maximum absolute atomic E-state index is 11.4. The number of amides is 1. The Bertz CT molecular complexity index is 419. The predicted molar refractivity (Wildman–Crippen MR) is 55.0 cm³/mol. The number of anilines is 1. The number of rotatable bonds is 2. The molecule has 1 amide bonds. The van der Waals surface area contributed by atoms with Gasteiger partial charge in [-0.25, -0.2) is 0 Å². The maximum atomic E-state index is 11.4. The van der Waals surface area contributed by atoms with Crippen LogP contribution in [0.25, 0.3) is 0 Å². The molecule has 0 fully saturated rings. The second-order valence-electron chi connectivity index (χ2n) is 3.15. The molecule has 5 heteroatoms. The summed E-state index contributed by atoms with van der Waals surface area (Å²) in [6.45, 7) is 0. The summed E-state index contributed by atoms with van der Waals surface area (Å²) in [5.41, 5.74) is 0.612. The standard InChI is InChI=1S/C10H8ClNO3/c11-9(13)5-8-10(14)12-6-3-1-2-4-7(6)15-8/h1-4,8H,5H2,(H,12,14). The van der Waals surface area contributed by atoms with Crippen LogP contribution in [0.4, 0.5) is 5.69 Å². The summed E-state index contributed by atoms with van der Waals surface area (Å²) < 4.78 is 5.34. The van der Waals surface area contributed by atoms with Gasteiger partial charge in [0, 0.05) is 0 Å². The molecular formula is C10H8ClNO3. The van der Waals surface area contributed by atoms with Gasteiger partial charge in [0.25, 0.3) is 5.91 Å². The number of fused-ring (bicyclic) bond motifs is 1. The highest BCUT2D eigenvalue weighted by atomic mass is 35.5. The van der Waals surface area contributed by atoms with Crippen molar-refractivity contribution in [1.29, 1.82) is 0 Å². The van der Waals surface area contributed by atoms with E-state index in [-0.39, 0.29) is 12.3 Å². The Morgan fingerprint density at radius 1 is 1.47 bits per heavy atom. The number of nitrogens with one attached hydrogen (secondary N) is 1. The van der Waals surface area contributed by atoms with Crippen LogP contribution in [0.5, 0.6) is 5.75 Å². The highest BCUT2D eigenvalue weighted by Gasteiger charge is 2.28. The lowest BCUT2D eigenvalue weighted by Gasteiger charge is -2.24. The molecule has 0 bridgehead atoms. The molecule has 0 spiro atoms. The summed E-state index contributed by atoms with van der Waals surface area (Å²) >= 11 is 5.20. The Morgan fingerprint density at radius 2 is 2.20 bits per heavy atom. The van der Waals surface area contributed by atoms with Gasteiger partial charge in [-0.1, -0.05) is 12.1 Å². The van der Waals surface area contributed by atoms with E-state index in [0.29, 0.717) is 11.4 Å². The third-order valence-electron chi connectivity index (χ3n) is 2.05. The van der Waals surface area contributed by atoms with Gasteiger partial charge >= 0.3 is 0 Å². The topological polar surface area (TPSA) is 55.4 Å². The van der Waals surface area contributed by atoms with Crippen molar-refractivity contribution < 1.29 is 14.3 Å². The number of para-hydroxylation sites is 2. The van der Waals surface area contributed by atoms with Gasteiger partial charge in [-0.05, 0) is 23.7 Å². The largest absolute Gasteiger partial charge is 0.478 e. The first-order valence-electron chi connectivity index (χ1n) is 4.41. The predicted octanol–water partition coefficient (Wildman–Crippen LogP) is 1.54. The van der Waals surface area contributed by atoms with Crippen molar-refractivity contribution in [1.82, 2.24) is 0 Å². The first kappa shape index (κ1) is 9.98. The molecule has 4 nitrogen and oxygen atoms in total. The molecule has 1 aromatic rings. The molecule has 0 saturated carbocycles. The van der Waals surface area contributed by atoms with Gasteiger partial charge in [0.05, 0.1) is 12.1 Å². The molecule has 1 N–H and O–H groups in total. The van der Waals surface area contributed by atoms with Crippen LogP contribution in [-0.4, -0.2) is 17.3 Å². The van der Waals surface area contributed by atoms with Crippen LogP contribution in [0.2, 0.25) is 0 Å². The van der Waals surface area contributed by atoms with Crippen molar-refractivity contribution in [3.63, 3.8) is 0 Å². The van der Waals surface area contributed by atoms with E-state index in [1.54, 1.807) is 24.3 Å². The zero-order chi connectivity index (χ0) is 10.8. The smallest absolute Gasteiger partial charge is 0.266 e. The second-order valence-corrected chi connectivity index (χ2v) is 3.57. The van der Waals surface area contributed by atoms with E-state index in [1.807, 2.05) is 0 Å². The number of benzene rings is 1. The van der Waals surface area contributed by atoms with Crippen LogP contribution in [0.15, 0.2) is 24.3 Å². The lowest BCUT2D eigenvalue weighted by atomic mass is 10.2. The van der Waals surface area contributed by atoms with E-state index < -0.39 is 11.3 Å². The van der Waals surface area contributed by atoms with Crippen molar-refractivity contribution in [2.45, 2.75) is 12.5 Å². The van der Waals surface area contributed by atoms with Crippen molar-refractivity contribution in [2.75, 3.05) is 5.32 Å². The van der Waals surface area contributed by atoms with E-state index in [4.69, 9.17) is 16.3 Å². The number of ether oxygens (including phenoxy) is 1. The molecule has 15 heavy (non-hydrogen) atoms. The number of halogens is 1. The summed E-state index contributed by atoms with van der Waals surface area (Å²) in [7, 11) is 0. The Labute approximate surface area is 91.2 Å². The summed E-state index contributed by atoms with van der Waals surface area (Å²) in [5, 5.41) is 2.05. The van der Waals surface area contributed by atoms with Gasteiger partial charge in [0.2, 0.25) is 5.24 Å². The average molecular weight is 226 g/mol. The van der Waals surface area contributed by atoms with E-state index in [9.17, 15) is 9.59 Å². The Kier molecular flexibility index (Phi) is 2.60. The molecule has 1 heterocycles. The van der Waals surface area contributed by atoms with Crippen LogP contribution in [0.3, 0.4) is 0 Å².